The Bertz CT molecular complexity index is 393. The first-order valence-electron chi connectivity index (χ1n) is 6.27. The Morgan fingerprint density at radius 3 is 2.21 bits per heavy atom. The summed E-state index contributed by atoms with van der Waals surface area (Å²) in [5, 5.41) is 3.17. The highest BCUT2D eigenvalue weighted by molar-refractivity contribution is 5.31. The van der Waals surface area contributed by atoms with Crippen LogP contribution < -0.4 is 10.1 Å². The maximum atomic E-state index is 13.7. The third-order valence-corrected chi connectivity index (χ3v) is 2.37. The minimum atomic E-state index is -0.717. The van der Waals surface area contributed by atoms with Crippen molar-refractivity contribution in [3.05, 3.63) is 29.3 Å². The van der Waals surface area contributed by atoms with E-state index >= 15 is 0 Å². The summed E-state index contributed by atoms with van der Waals surface area (Å²) in [7, 11) is 0. The molecule has 108 valence electrons. The standard InChI is InChI=1S/C14H21F2NO2/c1-5-18-9-19-13-11(15)6-10(7-12(13)16)8-17-14(2,3)4/h6-7,17H,5,8-9H2,1-4H3. The molecule has 1 aromatic rings. The molecule has 0 aliphatic rings. The summed E-state index contributed by atoms with van der Waals surface area (Å²) >= 11 is 0. The first-order chi connectivity index (χ1) is 8.83. The Morgan fingerprint density at radius 1 is 1.16 bits per heavy atom. The van der Waals surface area contributed by atoms with Gasteiger partial charge in [-0.2, -0.15) is 0 Å². The van der Waals surface area contributed by atoms with Crippen molar-refractivity contribution in [2.75, 3.05) is 13.4 Å². The molecule has 0 radical (unpaired) electrons. The van der Waals surface area contributed by atoms with Gasteiger partial charge in [0.1, 0.15) is 0 Å². The predicted octanol–water partition coefficient (Wildman–Crippen LogP) is 3.23. The van der Waals surface area contributed by atoms with Gasteiger partial charge in [-0.15, -0.1) is 0 Å². The molecule has 3 nitrogen and oxygen atoms in total. The van der Waals surface area contributed by atoms with E-state index in [1.807, 2.05) is 20.8 Å². The van der Waals surface area contributed by atoms with E-state index < -0.39 is 17.4 Å². The van der Waals surface area contributed by atoms with Gasteiger partial charge in [0.05, 0.1) is 0 Å². The molecule has 0 spiro atoms. The fourth-order valence-electron chi connectivity index (χ4n) is 1.40. The van der Waals surface area contributed by atoms with Gasteiger partial charge in [-0.05, 0) is 45.4 Å². The summed E-state index contributed by atoms with van der Waals surface area (Å²) in [5.74, 6) is -1.83. The second kappa shape index (κ2) is 6.82. The molecule has 0 saturated carbocycles. The molecule has 0 unspecified atom stereocenters. The Balaban J connectivity index is 2.73. The maximum absolute atomic E-state index is 13.7. The molecule has 0 aromatic heterocycles. The quantitative estimate of drug-likeness (QED) is 0.637. The van der Waals surface area contributed by atoms with Crippen LogP contribution in [-0.4, -0.2) is 18.9 Å². The van der Waals surface area contributed by atoms with E-state index in [9.17, 15) is 8.78 Å². The fraction of sp³-hybridized carbons (Fsp3) is 0.571. The van der Waals surface area contributed by atoms with Crippen molar-refractivity contribution in [1.29, 1.82) is 0 Å². The summed E-state index contributed by atoms with van der Waals surface area (Å²) in [6.07, 6.45) is 0. The third-order valence-electron chi connectivity index (χ3n) is 2.37. The van der Waals surface area contributed by atoms with Gasteiger partial charge in [-0.3, -0.25) is 0 Å². The number of benzene rings is 1. The van der Waals surface area contributed by atoms with Gasteiger partial charge in [0.2, 0.25) is 0 Å². The van der Waals surface area contributed by atoms with Crippen LogP contribution in [0.3, 0.4) is 0 Å². The van der Waals surface area contributed by atoms with E-state index in [0.717, 1.165) is 0 Å². The minimum Gasteiger partial charge on any atom is -0.461 e. The van der Waals surface area contributed by atoms with Gasteiger partial charge in [0, 0.05) is 18.7 Å². The molecule has 0 aliphatic heterocycles. The Kier molecular flexibility index (Phi) is 5.69. The molecule has 0 fully saturated rings. The summed E-state index contributed by atoms with van der Waals surface area (Å²) in [5.41, 5.74) is 0.422. The lowest BCUT2D eigenvalue weighted by atomic mass is 10.1. The van der Waals surface area contributed by atoms with Crippen LogP contribution in [0.4, 0.5) is 8.78 Å². The number of rotatable bonds is 6. The van der Waals surface area contributed by atoms with Crippen LogP contribution in [0.15, 0.2) is 12.1 Å². The molecule has 0 atom stereocenters. The van der Waals surface area contributed by atoms with E-state index in [0.29, 0.717) is 18.7 Å². The van der Waals surface area contributed by atoms with Crippen LogP contribution in [0.25, 0.3) is 0 Å². The van der Waals surface area contributed by atoms with Crippen LogP contribution in [0.2, 0.25) is 0 Å². The molecule has 0 heterocycles. The highest BCUT2D eigenvalue weighted by Crippen LogP contribution is 2.23. The van der Waals surface area contributed by atoms with Crippen molar-refractivity contribution in [2.45, 2.75) is 39.8 Å². The predicted molar refractivity (Wildman–Crippen MR) is 70.1 cm³/mol. The van der Waals surface area contributed by atoms with Gasteiger partial charge < -0.3 is 14.8 Å². The van der Waals surface area contributed by atoms with E-state index in [2.05, 4.69) is 5.32 Å². The lowest BCUT2D eigenvalue weighted by Crippen LogP contribution is -2.35. The van der Waals surface area contributed by atoms with Crippen LogP contribution in [0.5, 0.6) is 5.75 Å². The molecule has 19 heavy (non-hydrogen) atoms. The van der Waals surface area contributed by atoms with Gasteiger partial charge in [-0.1, -0.05) is 0 Å². The van der Waals surface area contributed by atoms with E-state index in [1.165, 1.54) is 12.1 Å². The molecule has 5 heteroatoms. The van der Waals surface area contributed by atoms with Crippen LogP contribution in [0, 0.1) is 11.6 Å². The van der Waals surface area contributed by atoms with Crippen molar-refractivity contribution in [1.82, 2.24) is 5.32 Å². The van der Waals surface area contributed by atoms with E-state index in [1.54, 1.807) is 6.92 Å². The number of nitrogens with one attached hydrogen (secondary N) is 1. The molecular formula is C14H21F2NO2. The molecular weight excluding hydrogens is 252 g/mol. The second-order valence-electron chi connectivity index (χ2n) is 5.25. The van der Waals surface area contributed by atoms with E-state index in [4.69, 9.17) is 9.47 Å². The Labute approximate surface area is 112 Å². The van der Waals surface area contributed by atoms with Crippen molar-refractivity contribution >= 4 is 0 Å². The zero-order chi connectivity index (χ0) is 14.5. The molecule has 0 saturated heterocycles. The lowest BCUT2D eigenvalue weighted by Gasteiger charge is -2.20. The zero-order valence-corrected chi connectivity index (χ0v) is 11.8. The zero-order valence-electron chi connectivity index (χ0n) is 11.8. The van der Waals surface area contributed by atoms with Crippen LogP contribution in [-0.2, 0) is 11.3 Å². The molecule has 0 bridgehead atoms. The smallest absolute Gasteiger partial charge is 0.193 e. The summed E-state index contributed by atoms with van der Waals surface area (Å²) in [6, 6.07) is 2.53. The third kappa shape index (κ3) is 5.53. The highest BCUT2D eigenvalue weighted by Gasteiger charge is 2.14. The molecule has 1 N–H and O–H groups in total. The highest BCUT2D eigenvalue weighted by atomic mass is 19.1. The van der Waals surface area contributed by atoms with Crippen LogP contribution in [0.1, 0.15) is 33.3 Å². The lowest BCUT2D eigenvalue weighted by molar-refractivity contribution is 0.0176. The fourth-order valence-corrected chi connectivity index (χ4v) is 1.40. The van der Waals surface area contributed by atoms with Crippen molar-refractivity contribution < 1.29 is 18.3 Å². The van der Waals surface area contributed by atoms with Gasteiger partial charge in [0.15, 0.2) is 24.2 Å². The molecule has 0 aliphatic carbocycles. The average Bonchev–Trinajstić information content (AvgIpc) is 2.29. The SMILES string of the molecule is CCOCOc1c(F)cc(CNC(C)(C)C)cc1F. The number of hydrogen-bond donors (Lipinski definition) is 1. The van der Waals surface area contributed by atoms with Gasteiger partial charge in [-0.25, -0.2) is 8.78 Å². The van der Waals surface area contributed by atoms with Gasteiger partial charge in [0.25, 0.3) is 0 Å². The molecule has 1 rings (SSSR count). The monoisotopic (exact) mass is 273 g/mol. The topological polar surface area (TPSA) is 30.5 Å². The molecule has 1 aromatic carbocycles. The summed E-state index contributed by atoms with van der Waals surface area (Å²) in [6.45, 7) is 8.39. The van der Waals surface area contributed by atoms with Crippen molar-refractivity contribution in [3.8, 4) is 5.75 Å². The van der Waals surface area contributed by atoms with Crippen molar-refractivity contribution in [3.63, 3.8) is 0 Å². The van der Waals surface area contributed by atoms with E-state index in [-0.39, 0.29) is 12.3 Å². The van der Waals surface area contributed by atoms with Crippen molar-refractivity contribution in [2.24, 2.45) is 0 Å². The van der Waals surface area contributed by atoms with Crippen LogP contribution >= 0.6 is 0 Å². The average molecular weight is 273 g/mol. The Morgan fingerprint density at radius 2 is 1.74 bits per heavy atom. The first-order valence-corrected chi connectivity index (χ1v) is 6.27. The normalized spacial score (nSPS) is 11.7. The summed E-state index contributed by atoms with van der Waals surface area (Å²) in [4.78, 5) is 0. The largest absolute Gasteiger partial charge is 0.461 e. The molecule has 0 amide bonds. The number of ether oxygens (including phenoxy) is 2. The Hall–Kier alpha value is -1.20. The van der Waals surface area contributed by atoms with Gasteiger partial charge >= 0.3 is 0 Å². The second-order valence-corrected chi connectivity index (χ2v) is 5.25. The maximum Gasteiger partial charge on any atom is 0.193 e. The first kappa shape index (κ1) is 15.9. The number of halogens is 2. The number of hydrogen-bond acceptors (Lipinski definition) is 3. The summed E-state index contributed by atoms with van der Waals surface area (Å²) < 4.78 is 37.2. The minimum absolute atomic E-state index is 0.114.